The second-order valence-electron chi connectivity index (χ2n) is 14.1. The van der Waals surface area contributed by atoms with Crippen LogP contribution in [0.4, 0.5) is 11.9 Å². The molecule has 0 amide bonds. The molecule has 11 aromatic rings. The summed E-state index contributed by atoms with van der Waals surface area (Å²) >= 11 is 0. The number of rotatable bonds is 0. The van der Waals surface area contributed by atoms with Crippen LogP contribution in [-0.4, -0.2) is 64.4 Å². The molecular formula is C45H34N12O3S. The highest BCUT2D eigenvalue weighted by Crippen LogP contribution is 2.44. The van der Waals surface area contributed by atoms with Crippen LogP contribution in [0.1, 0.15) is 0 Å². The highest BCUT2D eigenvalue weighted by atomic mass is 32.2. The van der Waals surface area contributed by atoms with Gasteiger partial charge in [0, 0.05) is 45.1 Å². The summed E-state index contributed by atoms with van der Waals surface area (Å²) in [6, 6.07) is 45.0. The van der Waals surface area contributed by atoms with Crippen molar-refractivity contribution in [1.29, 1.82) is 5.41 Å². The van der Waals surface area contributed by atoms with E-state index in [0.29, 0.717) is 6.26 Å². The third kappa shape index (κ3) is 7.21. The van der Waals surface area contributed by atoms with Gasteiger partial charge in [-0.3, -0.25) is 9.96 Å². The molecule has 1 aliphatic rings. The van der Waals surface area contributed by atoms with Crippen LogP contribution in [0.15, 0.2) is 133 Å². The van der Waals surface area contributed by atoms with E-state index in [-0.39, 0.29) is 17.5 Å². The molecule has 0 unspecified atom stereocenters. The van der Waals surface area contributed by atoms with Crippen molar-refractivity contribution in [3.63, 3.8) is 0 Å². The van der Waals surface area contributed by atoms with Gasteiger partial charge < -0.3 is 11.5 Å². The van der Waals surface area contributed by atoms with E-state index in [4.69, 9.17) is 21.4 Å². The van der Waals surface area contributed by atoms with Gasteiger partial charge in [0.15, 0.2) is 0 Å². The quantitative estimate of drug-likeness (QED) is 0.0861. The van der Waals surface area contributed by atoms with Gasteiger partial charge in [0.05, 0.1) is 6.26 Å². The van der Waals surface area contributed by atoms with Crippen molar-refractivity contribution < 1.29 is 13.0 Å². The number of fused-ring (bicyclic) bond motifs is 15. The Morgan fingerprint density at radius 3 is 1.44 bits per heavy atom. The van der Waals surface area contributed by atoms with Gasteiger partial charge in [0.25, 0.3) is 10.1 Å². The van der Waals surface area contributed by atoms with Gasteiger partial charge in [-0.05, 0) is 26.9 Å². The van der Waals surface area contributed by atoms with Gasteiger partial charge in [-0.15, -0.1) is 20.4 Å². The first-order chi connectivity index (χ1) is 29.4. The van der Waals surface area contributed by atoms with E-state index < -0.39 is 10.1 Å². The Morgan fingerprint density at radius 2 is 0.918 bits per heavy atom. The molecule has 1 aliphatic carbocycles. The van der Waals surface area contributed by atoms with Crippen LogP contribution in [0.25, 0.3) is 98.4 Å². The van der Waals surface area contributed by atoms with Crippen LogP contribution in [0.2, 0.25) is 0 Å². The summed E-state index contributed by atoms with van der Waals surface area (Å²) in [7, 11) is -1.92. The first-order valence-corrected chi connectivity index (χ1v) is 20.6. The van der Waals surface area contributed by atoms with Crippen molar-refractivity contribution >= 4 is 97.9 Å². The lowest BCUT2D eigenvalue weighted by molar-refractivity contribution is 0.490. The molecule has 61 heavy (non-hydrogen) atoms. The number of hydrogen-bond acceptors (Lipinski definition) is 13. The highest BCUT2D eigenvalue weighted by Gasteiger charge is 2.24. The number of anilines is 2. The van der Waals surface area contributed by atoms with Gasteiger partial charge in [-0.1, -0.05) is 133 Å². The number of nitrogen functional groups attached to an aromatic ring is 2. The monoisotopic (exact) mass is 822 g/mol. The van der Waals surface area contributed by atoms with E-state index in [1.807, 2.05) is 91.0 Å². The normalized spacial score (nSPS) is 11.5. The molecule has 0 fully saturated rings. The molecule has 0 bridgehead atoms. The maximum Gasteiger partial charge on any atom is 0.261 e. The summed E-state index contributed by atoms with van der Waals surface area (Å²) in [6.07, 6.45) is 0.715. The van der Waals surface area contributed by atoms with Crippen LogP contribution < -0.4 is 17.1 Å². The summed E-state index contributed by atoms with van der Waals surface area (Å²) in [6.45, 7) is 0. The Balaban J connectivity index is 0.000000111. The topological polar surface area (TPSA) is 238 Å². The molecule has 8 aromatic carbocycles. The van der Waals surface area contributed by atoms with Crippen LogP contribution in [0, 0.1) is 5.41 Å². The van der Waals surface area contributed by atoms with Crippen molar-refractivity contribution in [3.8, 4) is 22.5 Å². The third-order valence-corrected chi connectivity index (χ3v) is 10.1. The molecule has 298 valence electrons. The number of nitrogens with two attached hydrogens (primary N) is 2. The molecule has 6 N–H and O–H groups in total. The first-order valence-electron chi connectivity index (χ1n) is 18.8. The van der Waals surface area contributed by atoms with Gasteiger partial charge in [0.2, 0.25) is 17.5 Å². The van der Waals surface area contributed by atoms with Crippen LogP contribution in [0.5, 0.6) is 0 Å². The Bertz CT molecular complexity index is 3680. The zero-order valence-corrected chi connectivity index (χ0v) is 33.4. The number of hydrogen-bond donors (Lipinski definition) is 4. The smallest absolute Gasteiger partial charge is 0.261 e. The van der Waals surface area contributed by atoms with E-state index in [1.54, 1.807) is 7.05 Å². The maximum atomic E-state index is 9.19. The zero-order valence-electron chi connectivity index (χ0n) is 32.6. The van der Waals surface area contributed by atoms with E-state index in [0.717, 1.165) is 82.3 Å². The second-order valence-corrected chi connectivity index (χ2v) is 15.6. The summed E-state index contributed by atoms with van der Waals surface area (Å²) in [4.78, 5) is 13.1. The molecule has 0 radical (unpaired) electrons. The maximum absolute atomic E-state index is 9.19. The van der Waals surface area contributed by atoms with Crippen molar-refractivity contribution in [1.82, 2.24) is 45.1 Å². The highest BCUT2D eigenvalue weighted by molar-refractivity contribution is 7.85. The third-order valence-electron chi connectivity index (χ3n) is 10.1. The van der Waals surface area contributed by atoms with E-state index in [2.05, 4.69) is 82.9 Å². The van der Waals surface area contributed by atoms with Crippen LogP contribution in [-0.2, 0) is 17.2 Å². The minimum absolute atomic E-state index is 0.165. The van der Waals surface area contributed by atoms with E-state index >= 15 is 0 Å². The second kappa shape index (κ2) is 15.3. The van der Waals surface area contributed by atoms with Crippen LogP contribution >= 0.6 is 0 Å². The molecule has 3 aromatic heterocycles. The molecule has 15 nitrogen and oxygen atoms in total. The van der Waals surface area contributed by atoms with Gasteiger partial charge in [-0.2, -0.15) is 13.5 Å². The number of benzene rings is 8. The number of nitrogens with zero attached hydrogens (tertiary/aromatic N) is 9. The average molecular weight is 823 g/mol. The molecule has 0 saturated heterocycles. The molecular weight excluding hydrogens is 789 g/mol. The van der Waals surface area contributed by atoms with Gasteiger partial charge >= 0.3 is 0 Å². The number of aryl methyl sites for hydroxylation is 1. The Kier molecular flexibility index (Phi) is 9.62. The first kappa shape index (κ1) is 38.4. The number of aromatic nitrogens is 9. The molecule has 0 aliphatic heterocycles. The van der Waals surface area contributed by atoms with E-state index in [1.165, 1.54) is 20.8 Å². The van der Waals surface area contributed by atoms with Crippen molar-refractivity contribution in [2.75, 3.05) is 17.7 Å². The Morgan fingerprint density at radius 1 is 0.508 bits per heavy atom. The minimum Gasteiger partial charge on any atom is -0.366 e. The standard InChI is InChI=1S/C16H12N4.C15H10N4.C13H8N4.CH4O3S/c1-20-16(17)18-14-12-8-4-2-6-10(12)11-7-3-5-9-13(11)15(14)19-20;16-15-17-13-11-7-3-1-5-9(11)10-6-2-4-8-12(10)14(13)18-19-15;14-13-15-11-8-5-1-3-7-4-2-6-9(10(7)8)12(11)16-17-13;1-5(2,3)4/h2-9,17H,1H3;1-8H,(H2,16,17,19);1-6H,(H2,14,15,17);1H3,(H,2,3,4). The Labute approximate surface area is 346 Å². The molecule has 0 atom stereocenters. The summed E-state index contributed by atoms with van der Waals surface area (Å²) < 4.78 is 27.4. The molecule has 16 heteroatoms. The largest absolute Gasteiger partial charge is 0.366 e. The minimum atomic E-state index is -3.67. The fourth-order valence-corrected chi connectivity index (χ4v) is 7.69. The molecule has 3 heterocycles. The predicted octanol–water partition coefficient (Wildman–Crippen LogP) is 7.43. The average Bonchev–Trinajstić information content (AvgIpc) is 3.58. The summed E-state index contributed by atoms with van der Waals surface area (Å²) in [5.41, 5.74) is 18.5. The lowest BCUT2D eigenvalue weighted by Gasteiger charge is -2.09. The lowest BCUT2D eigenvalue weighted by atomic mass is 10.00. The fourth-order valence-electron chi connectivity index (χ4n) is 7.69. The van der Waals surface area contributed by atoms with Crippen molar-refractivity contribution in [2.45, 2.75) is 0 Å². The molecule has 12 rings (SSSR count). The lowest BCUT2D eigenvalue weighted by Crippen LogP contribution is -2.22. The van der Waals surface area contributed by atoms with Crippen molar-refractivity contribution in [3.05, 3.63) is 139 Å². The fraction of sp³-hybridized carbons (Fsp3) is 0.0444. The molecule has 0 saturated carbocycles. The number of nitrogens with one attached hydrogen (secondary N) is 1. The van der Waals surface area contributed by atoms with Gasteiger partial charge in [-0.25, -0.2) is 19.6 Å². The van der Waals surface area contributed by atoms with Gasteiger partial charge in [0.1, 0.15) is 33.5 Å². The zero-order chi connectivity index (χ0) is 42.4. The molecule has 0 spiro atoms. The summed E-state index contributed by atoms with van der Waals surface area (Å²) in [5.74, 6) is 0.418. The van der Waals surface area contributed by atoms with E-state index in [9.17, 15) is 8.42 Å². The van der Waals surface area contributed by atoms with Crippen LogP contribution in [0.3, 0.4) is 0 Å². The van der Waals surface area contributed by atoms with Crippen molar-refractivity contribution in [2.24, 2.45) is 7.05 Å². The predicted molar refractivity (Wildman–Crippen MR) is 240 cm³/mol. The SMILES string of the molecule is CS(=O)(=O)O.Cn1nc2c3ccccc3c3ccccc3c2nc1=N.Nc1nnc2c(n1)-c1cccc3cccc-2c13.Nc1nnc2c3ccccc3c3ccccc3c2n1. The Hall–Kier alpha value is -8.08. The summed E-state index contributed by atoms with van der Waals surface area (Å²) in [5, 5.41) is 39.7.